The van der Waals surface area contributed by atoms with E-state index in [9.17, 15) is 14.3 Å². The molecule has 1 saturated heterocycles. The fourth-order valence-corrected chi connectivity index (χ4v) is 4.70. The number of carbonyl (C=O) groups excluding carboxylic acids is 1. The molecule has 5 rings (SSSR count). The second-order valence-electron chi connectivity index (χ2n) is 8.68. The van der Waals surface area contributed by atoms with Crippen LogP contribution in [-0.2, 0) is 4.79 Å². The highest BCUT2D eigenvalue weighted by molar-refractivity contribution is 5.87. The zero-order chi connectivity index (χ0) is 21.6. The van der Waals surface area contributed by atoms with E-state index in [2.05, 4.69) is 30.2 Å². The largest absolute Gasteiger partial charge is 0.385 e. The van der Waals surface area contributed by atoms with Crippen molar-refractivity contribution < 1.29 is 14.3 Å². The predicted molar refractivity (Wildman–Crippen MR) is 113 cm³/mol. The molecule has 1 aliphatic carbocycles. The second-order valence-corrected chi connectivity index (χ2v) is 8.68. The van der Waals surface area contributed by atoms with Gasteiger partial charge in [0, 0.05) is 31.7 Å². The van der Waals surface area contributed by atoms with E-state index in [-0.39, 0.29) is 23.8 Å². The van der Waals surface area contributed by atoms with Gasteiger partial charge in [-0.25, -0.2) is 14.4 Å². The minimum Gasteiger partial charge on any atom is -0.385 e. The smallest absolute Gasteiger partial charge is 0.223 e. The topological polar surface area (TPSA) is 107 Å². The maximum absolute atomic E-state index is 13.4. The second kappa shape index (κ2) is 7.56. The first-order valence-electron chi connectivity index (χ1n) is 10.6. The summed E-state index contributed by atoms with van der Waals surface area (Å²) in [5.41, 5.74) is 1.54. The highest BCUT2D eigenvalue weighted by Gasteiger charge is 2.55. The van der Waals surface area contributed by atoms with Gasteiger partial charge in [-0.1, -0.05) is 0 Å². The predicted octanol–water partition coefficient (Wildman–Crippen LogP) is 2.26. The highest BCUT2D eigenvalue weighted by Crippen LogP contribution is 2.56. The van der Waals surface area contributed by atoms with Crippen molar-refractivity contribution in [2.75, 3.05) is 24.5 Å². The van der Waals surface area contributed by atoms with Crippen LogP contribution < -0.4 is 10.2 Å². The van der Waals surface area contributed by atoms with Crippen molar-refractivity contribution >= 4 is 22.8 Å². The maximum atomic E-state index is 13.4. The van der Waals surface area contributed by atoms with Crippen LogP contribution in [0.4, 0.5) is 10.2 Å². The summed E-state index contributed by atoms with van der Waals surface area (Å²) in [7, 11) is 0. The Bertz CT molecular complexity index is 1130. The molecule has 1 amide bonds. The van der Waals surface area contributed by atoms with Gasteiger partial charge in [-0.05, 0) is 49.3 Å². The van der Waals surface area contributed by atoms with Crippen LogP contribution in [-0.4, -0.2) is 50.6 Å². The van der Waals surface area contributed by atoms with Crippen LogP contribution >= 0.6 is 0 Å². The Morgan fingerprint density at radius 1 is 1.42 bits per heavy atom. The molecule has 1 saturated carbocycles. The molecule has 31 heavy (non-hydrogen) atoms. The third-order valence-corrected chi connectivity index (χ3v) is 6.65. The van der Waals surface area contributed by atoms with Gasteiger partial charge in [0.05, 0.1) is 17.3 Å². The maximum Gasteiger partial charge on any atom is 0.223 e. The number of nitrogens with one attached hydrogen (secondary N) is 2. The highest BCUT2D eigenvalue weighted by atomic mass is 19.1. The molecule has 8 nitrogen and oxygen atoms in total. The van der Waals surface area contributed by atoms with Gasteiger partial charge in [0.15, 0.2) is 0 Å². The van der Waals surface area contributed by atoms with E-state index >= 15 is 0 Å². The van der Waals surface area contributed by atoms with Crippen molar-refractivity contribution in [3.05, 3.63) is 47.9 Å². The van der Waals surface area contributed by atoms with Crippen LogP contribution in [0, 0.1) is 24.1 Å². The van der Waals surface area contributed by atoms with Crippen LogP contribution in [0.1, 0.15) is 36.6 Å². The third-order valence-electron chi connectivity index (χ3n) is 6.65. The van der Waals surface area contributed by atoms with Gasteiger partial charge in [0.25, 0.3) is 0 Å². The fourth-order valence-electron chi connectivity index (χ4n) is 4.70. The SMILES string of the molecule is Cc1cc([C@@H](O)CNC(=O)C2CCN(c3ncnc4[nH]ccc34)CC23CC3)ncc1F. The molecule has 162 valence electrons. The van der Waals surface area contributed by atoms with E-state index in [1.165, 1.54) is 6.07 Å². The molecule has 3 N–H and O–H groups in total. The van der Waals surface area contributed by atoms with E-state index < -0.39 is 11.9 Å². The van der Waals surface area contributed by atoms with E-state index in [1.54, 1.807) is 13.3 Å². The first kappa shape index (κ1) is 19.9. The van der Waals surface area contributed by atoms with Gasteiger partial charge < -0.3 is 20.3 Å². The van der Waals surface area contributed by atoms with Gasteiger partial charge in [-0.2, -0.15) is 0 Å². The van der Waals surface area contributed by atoms with Gasteiger partial charge >= 0.3 is 0 Å². The number of piperidine rings is 1. The molecular formula is C22H25FN6O2. The summed E-state index contributed by atoms with van der Waals surface area (Å²) in [5.74, 6) is 0.361. The molecule has 1 spiro atoms. The summed E-state index contributed by atoms with van der Waals surface area (Å²) in [5, 5.41) is 14.3. The number of carbonyl (C=O) groups is 1. The molecule has 0 bridgehead atoms. The first-order chi connectivity index (χ1) is 15.0. The number of hydrogen-bond donors (Lipinski definition) is 3. The normalized spacial score (nSPS) is 20.7. The minimum atomic E-state index is -0.971. The molecule has 4 heterocycles. The quantitative estimate of drug-likeness (QED) is 0.580. The average molecular weight is 424 g/mol. The summed E-state index contributed by atoms with van der Waals surface area (Å²) in [4.78, 5) is 31.0. The lowest BCUT2D eigenvalue weighted by Crippen LogP contribution is -2.48. The number of aromatic nitrogens is 4. The molecule has 2 aliphatic rings. The molecule has 1 aliphatic heterocycles. The Morgan fingerprint density at radius 2 is 2.26 bits per heavy atom. The monoisotopic (exact) mass is 424 g/mol. The standard InChI is InChI=1S/C22H25FN6O2/c1-13-8-17(25-9-16(13)23)18(30)10-26-21(31)15-3-7-29(11-22(15)4-5-22)20-14-2-6-24-19(14)27-12-28-20/h2,6,8-9,12,15,18,30H,3-5,7,10-11H2,1H3,(H,26,31)(H,24,27,28)/t15?,18-/m0/s1. The molecule has 9 heteroatoms. The Balaban J connectivity index is 1.24. The number of nitrogens with zero attached hydrogens (tertiary/aromatic N) is 4. The summed E-state index contributed by atoms with van der Waals surface area (Å²) >= 11 is 0. The molecule has 3 aromatic rings. The molecule has 1 unspecified atom stereocenters. The van der Waals surface area contributed by atoms with Crippen molar-refractivity contribution in [1.82, 2.24) is 25.3 Å². The lowest BCUT2D eigenvalue weighted by molar-refractivity contribution is -0.128. The van der Waals surface area contributed by atoms with Gasteiger partial charge in [0.2, 0.25) is 5.91 Å². The molecule has 3 aromatic heterocycles. The number of halogens is 1. The number of aliphatic hydroxyl groups excluding tert-OH is 1. The lowest BCUT2D eigenvalue weighted by atomic mass is 9.81. The van der Waals surface area contributed by atoms with Crippen molar-refractivity contribution in [2.24, 2.45) is 11.3 Å². The number of anilines is 1. The van der Waals surface area contributed by atoms with E-state index in [1.807, 2.05) is 12.3 Å². The van der Waals surface area contributed by atoms with E-state index in [4.69, 9.17) is 0 Å². The Hall–Kier alpha value is -3.07. The van der Waals surface area contributed by atoms with Gasteiger partial charge in [-0.15, -0.1) is 0 Å². The number of aliphatic hydroxyl groups is 1. The van der Waals surface area contributed by atoms with Crippen LogP contribution in [0.5, 0.6) is 0 Å². The molecule has 2 atom stereocenters. The summed E-state index contributed by atoms with van der Waals surface area (Å²) in [6.07, 6.45) is 6.29. The number of pyridine rings is 1. The lowest BCUT2D eigenvalue weighted by Gasteiger charge is -2.39. The zero-order valence-electron chi connectivity index (χ0n) is 17.3. The van der Waals surface area contributed by atoms with Crippen LogP contribution in [0.15, 0.2) is 30.9 Å². The number of hydrogen-bond acceptors (Lipinski definition) is 6. The molecule has 2 fully saturated rings. The summed E-state index contributed by atoms with van der Waals surface area (Å²) in [6, 6.07) is 3.49. The van der Waals surface area contributed by atoms with E-state index in [0.29, 0.717) is 11.3 Å². The van der Waals surface area contributed by atoms with Crippen molar-refractivity contribution in [1.29, 1.82) is 0 Å². The van der Waals surface area contributed by atoms with Crippen LogP contribution in [0.3, 0.4) is 0 Å². The molecule has 0 aromatic carbocycles. The Kier molecular flexibility index (Phi) is 4.85. The number of fused-ring (bicyclic) bond motifs is 1. The number of aromatic amines is 1. The van der Waals surface area contributed by atoms with E-state index in [0.717, 1.165) is 55.4 Å². The fraction of sp³-hybridized carbons (Fsp3) is 0.455. The van der Waals surface area contributed by atoms with Gasteiger partial charge in [0.1, 0.15) is 29.7 Å². The zero-order valence-corrected chi connectivity index (χ0v) is 17.3. The number of rotatable bonds is 5. The first-order valence-corrected chi connectivity index (χ1v) is 10.6. The van der Waals surface area contributed by atoms with Gasteiger partial charge in [-0.3, -0.25) is 9.78 Å². The number of aryl methyl sites for hydroxylation is 1. The summed E-state index contributed by atoms with van der Waals surface area (Å²) in [6.45, 7) is 3.19. The Morgan fingerprint density at radius 3 is 3.03 bits per heavy atom. The van der Waals surface area contributed by atoms with Crippen molar-refractivity contribution in [3.63, 3.8) is 0 Å². The minimum absolute atomic E-state index is 0.0375. The van der Waals surface area contributed by atoms with Crippen molar-refractivity contribution in [2.45, 2.75) is 32.3 Å². The van der Waals surface area contributed by atoms with Crippen LogP contribution in [0.25, 0.3) is 11.0 Å². The van der Waals surface area contributed by atoms with Crippen molar-refractivity contribution in [3.8, 4) is 0 Å². The molecule has 0 radical (unpaired) electrons. The Labute approximate surface area is 178 Å². The molecular weight excluding hydrogens is 399 g/mol. The average Bonchev–Trinajstić information content (AvgIpc) is 3.34. The van der Waals surface area contributed by atoms with Crippen LogP contribution in [0.2, 0.25) is 0 Å². The third kappa shape index (κ3) is 3.63. The summed E-state index contributed by atoms with van der Waals surface area (Å²) < 4.78 is 13.4. The number of amides is 1. The number of H-pyrrole nitrogens is 1.